The molecule has 1 aliphatic rings. The summed E-state index contributed by atoms with van der Waals surface area (Å²) in [7, 11) is 0. The number of fused-ring (bicyclic) bond motifs is 1. The van der Waals surface area contributed by atoms with Crippen LogP contribution >= 0.6 is 15.9 Å². The van der Waals surface area contributed by atoms with Crippen LogP contribution in [0, 0.1) is 0 Å². The van der Waals surface area contributed by atoms with Gasteiger partial charge in [-0.1, -0.05) is 22.9 Å². The van der Waals surface area contributed by atoms with Gasteiger partial charge in [-0.15, -0.1) is 0 Å². The van der Waals surface area contributed by atoms with Crippen molar-refractivity contribution in [2.45, 2.75) is 38.6 Å². The third-order valence-corrected chi connectivity index (χ3v) is 3.91. The first-order chi connectivity index (χ1) is 7.63. The van der Waals surface area contributed by atoms with Crippen LogP contribution in [0.25, 0.3) is 0 Å². The summed E-state index contributed by atoms with van der Waals surface area (Å²) in [4.78, 5) is 0. The molecule has 0 fully saturated rings. The molecule has 1 aromatic rings. The standard InChI is InChI=1S/C13H18BrNO/c1-3-16-9-6-10-12(15)5-4-8(2)13(10)11(14)7-9/h6-8,12H,3-5,15H2,1-2H3/t8?,12-/m1/s1. The lowest BCUT2D eigenvalue weighted by Crippen LogP contribution is -2.20. The van der Waals surface area contributed by atoms with Gasteiger partial charge in [-0.3, -0.25) is 0 Å². The highest BCUT2D eigenvalue weighted by Gasteiger charge is 2.25. The normalized spacial score (nSPS) is 24.0. The molecule has 16 heavy (non-hydrogen) atoms. The molecule has 0 saturated carbocycles. The molecule has 2 N–H and O–H groups in total. The highest BCUT2D eigenvalue weighted by atomic mass is 79.9. The van der Waals surface area contributed by atoms with Gasteiger partial charge in [-0.05, 0) is 48.9 Å². The predicted molar refractivity (Wildman–Crippen MR) is 69.9 cm³/mol. The summed E-state index contributed by atoms with van der Waals surface area (Å²) in [5.41, 5.74) is 8.78. The first-order valence-electron chi connectivity index (χ1n) is 5.85. The minimum Gasteiger partial charge on any atom is -0.494 e. The molecular formula is C13H18BrNO. The molecule has 1 aliphatic carbocycles. The zero-order valence-corrected chi connectivity index (χ0v) is 11.4. The monoisotopic (exact) mass is 283 g/mol. The van der Waals surface area contributed by atoms with Gasteiger partial charge in [-0.2, -0.15) is 0 Å². The molecule has 0 saturated heterocycles. The average molecular weight is 284 g/mol. The Labute approximate surface area is 105 Å². The lowest BCUT2D eigenvalue weighted by atomic mass is 9.81. The smallest absolute Gasteiger partial charge is 0.120 e. The molecule has 0 spiro atoms. The topological polar surface area (TPSA) is 35.2 Å². The van der Waals surface area contributed by atoms with Crippen molar-refractivity contribution in [3.63, 3.8) is 0 Å². The summed E-state index contributed by atoms with van der Waals surface area (Å²) >= 11 is 3.64. The second kappa shape index (κ2) is 4.76. The van der Waals surface area contributed by atoms with Crippen LogP contribution in [0.4, 0.5) is 0 Å². The van der Waals surface area contributed by atoms with Crippen LogP contribution in [0.15, 0.2) is 16.6 Å². The van der Waals surface area contributed by atoms with E-state index in [0.29, 0.717) is 12.5 Å². The molecule has 0 amide bonds. The Bertz CT molecular complexity index is 392. The SMILES string of the molecule is CCOc1cc(Br)c2c(c1)[C@H](N)CCC2C. The van der Waals surface area contributed by atoms with Crippen molar-refractivity contribution in [2.24, 2.45) is 5.73 Å². The molecule has 1 aromatic carbocycles. The van der Waals surface area contributed by atoms with Gasteiger partial charge < -0.3 is 10.5 Å². The van der Waals surface area contributed by atoms with Gasteiger partial charge >= 0.3 is 0 Å². The molecule has 0 radical (unpaired) electrons. The molecule has 0 bridgehead atoms. The molecule has 3 heteroatoms. The largest absolute Gasteiger partial charge is 0.494 e. The first-order valence-corrected chi connectivity index (χ1v) is 6.64. The van der Waals surface area contributed by atoms with Crippen LogP contribution in [0.3, 0.4) is 0 Å². The highest BCUT2D eigenvalue weighted by Crippen LogP contribution is 2.42. The predicted octanol–water partition coefficient (Wildman–Crippen LogP) is 3.74. The quantitative estimate of drug-likeness (QED) is 0.897. The van der Waals surface area contributed by atoms with E-state index in [1.807, 2.05) is 6.92 Å². The molecular weight excluding hydrogens is 266 g/mol. The van der Waals surface area contributed by atoms with E-state index in [2.05, 4.69) is 35.0 Å². The second-order valence-electron chi connectivity index (χ2n) is 4.43. The average Bonchev–Trinajstić information content (AvgIpc) is 2.23. The minimum atomic E-state index is 0.155. The first kappa shape index (κ1) is 11.9. The fraction of sp³-hybridized carbons (Fsp3) is 0.538. The van der Waals surface area contributed by atoms with Crippen molar-refractivity contribution >= 4 is 15.9 Å². The zero-order chi connectivity index (χ0) is 11.7. The molecule has 0 aromatic heterocycles. The number of halogens is 1. The Kier molecular flexibility index (Phi) is 3.55. The van der Waals surface area contributed by atoms with Gasteiger partial charge in [0.05, 0.1) is 6.61 Å². The van der Waals surface area contributed by atoms with E-state index in [1.54, 1.807) is 0 Å². The summed E-state index contributed by atoms with van der Waals surface area (Å²) < 4.78 is 6.69. The zero-order valence-electron chi connectivity index (χ0n) is 9.79. The molecule has 1 unspecified atom stereocenters. The summed E-state index contributed by atoms with van der Waals surface area (Å²) in [5, 5.41) is 0. The van der Waals surface area contributed by atoms with Crippen molar-refractivity contribution in [2.75, 3.05) is 6.61 Å². The van der Waals surface area contributed by atoms with E-state index < -0.39 is 0 Å². The number of rotatable bonds is 2. The molecule has 2 nitrogen and oxygen atoms in total. The van der Waals surface area contributed by atoms with Gasteiger partial charge in [-0.25, -0.2) is 0 Å². The van der Waals surface area contributed by atoms with Gasteiger partial charge in [0.2, 0.25) is 0 Å². The fourth-order valence-corrected chi connectivity index (χ4v) is 3.26. The highest BCUT2D eigenvalue weighted by molar-refractivity contribution is 9.10. The Morgan fingerprint density at radius 2 is 2.19 bits per heavy atom. The molecule has 2 atom stereocenters. The molecule has 0 aliphatic heterocycles. The van der Waals surface area contributed by atoms with Crippen LogP contribution < -0.4 is 10.5 Å². The Morgan fingerprint density at radius 3 is 2.88 bits per heavy atom. The summed E-state index contributed by atoms with van der Waals surface area (Å²) in [6, 6.07) is 4.31. The third kappa shape index (κ3) is 2.11. The van der Waals surface area contributed by atoms with E-state index >= 15 is 0 Å². The number of hydrogen-bond donors (Lipinski definition) is 1. The maximum absolute atomic E-state index is 6.17. The van der Waals surface area contributed by atoms with Gasteiger partial charge in [0, 0.05) is 10.5 Å². The molecule has 2 rings (SSSR count). The van der Waals surface area contributed by atoms with Crippen molar-refractivity contribution in [3.05, 3.63) is 27.7 Å². The van der Waals surface area contributed by atoms with Crippen molar-refractivity contribution < 1.29 is 4.74 Å². The van der Waals surface area contributed by atoms with E-state index in [9.17, 15) is 0 Å². The van der Waals surface area contributed by atoms with E-state index in [-0.39, 0.29) is 6.04 Å². The maximum atomic E-state index is 6.17. The second-order valence-corrected chi connectivity index (χ2v) is 5.28. The Hall–Kier alpha value is -0.540. The van der Waals surface area contributed by atoms with Crippen LogP contribution in [0.5, 0.6) is 5.75 Å². The summed E-state index contributed by atoms with van der Waals surface area (Å²) in [5.74, 6) is 1.50. The lowest BCUT2D eigenvalue weighted by molar-refractivity contribution is 0.338. The van der Waals surface area contributed by atoms with Crippen LogP contribution in [0.2, 0.25) is 0 Å². The third-order valence-electron chi connectivity index (χ3n) is 3.25. The van der Waals surface area contributed by atoms with E-state index in [0.717, 1.165) is 16.6 Å². The Morgan fingerprint density at radius 1 is 1.44 bits per heavy atom. The van der Waals surface area contributed by atoms with Gasteiger partial charge in [0.25, 0.3) is 0 Å². The van der Waals surface area contributed by atoms with Crippen LogP contribution in [0.1, 0.15) is 49.8 Å². The van der Waals surface area contributed by atoms with Crippen molar-refractivity contribution in [1.82, 2.24) is 0 Å². The van der Waals surface area contributed by atoms with Gasteiger partial charge in [0.15, 0.2) is 0 Å². The van der Waals surface area contributed by atoms with Crippen LogP contribution in [-0.4, -0.2) is 6.61 Å². The number of hydrogen-bond acceptors (Lipinski definition) is 2. The number of ether oxygens (including phenoxy) is 1. The van der Waals surface area contributed by atoms with Gasteiger partial charge in [0.1, 0.15) is 5.75 Å². The van der Waals surface area contributed by atoms with Crippen molar-refractivity contribution in [3.8, 4) is 5.75 Å². The number of nitrogens with two attached hydrogens (primary N) is 1. The maximum Gasteiger partial charge on any atom is 0.120 e. The van der Waals surface area contributed by atoms with E-state index in [4.69, 9.17) is 10.5 Å². The molecule has 88 valence electrons. The van der Waals surface area contributed by atoms with E-state index in [1.165, 1.54) is 17.5 Å². The summed E-state index contributed by atoms with van der Waals surface area (Å²) in [6.07, 6.45) is 2.23. The summed E-state index contributed by atoms with van der Waals surface area (Å²) in [6.45, 7) is 4.95. The number of benzene rings is 1. The molecule has 0 heterocycles. The Balaban J connectivity index is 2.48. The van der Waals surface area contributed by atoms with Crippen molar-refractivity contribution in [1.29, 1.82) is 0 Å². The lowest BCUT2D eigenvalue weighted by Gasteiger charge is -2.29. The minimum absolute atomic E-state index is 0.155. The van der Waals surface area contributed by atoms with Crippen LogP contribution in [-0.2, 0) is 0 Å². The fourth-order valence-electron chi connectivity index (χ4n) is 2.42.